The van der Waals surface area contributed by atoms with Crippen molar-refractivity contribution in [3.8, 4) is 6.07 Å². The highest BCUT2D eigenvalue weighted by molar-refractivity contribution is 9.10. The summed E-state index contributed by atoms with van der Waals surface area (Å²) in [5.74, 6) is -6.52. The van der Waals surface area contributed by atoms with Crippen molar-refractivity contribution >= 4 is 21.8 Å². The molecule has 0 fully saturated rings. The maximum atomic E-state index is 14.4. The largest absolute Gasteiger partial charge is 0.455 e. The maximum Gasteiger partial charge on any atom is 0.455 e. The number of rotatable bonds is 7. The number of amides is 1. The normalized spacial score (nSPS) is 14.6. The van der Waals surface area contributed by atoms with Crippen molar-refractivity contribution in [3.05, 3.63) is 34.3 Å². The summed E-state index contributed by atoms with van der Waals surface area (Å²) in [5, 5.41) is 8.94. The Kier molecular flexibility index (Phi) is 7.75. The smallest absolute Gasteiger partial charge is 0.320 e. The van der Waals surface area contributed by atoms with Crippen LogP contribution < -0.4 is 5.73 Å². The molecule has 0 bridgehead atoms. The minimum atomic E-state index is -5.93. The summed E-state index contributed by atoms with van der Waals surface area (Å²) >= 11 is 3.07. The zero-order chi connectivity index (χ0) is 21.0. The van der Waals surface area contributed by atoms with Gasteiger partial charge in [-0.15, -0.1) is 0 Å². The Bertz CT molecular complexity index is 685. The molecule has 2 N–H and O–H groups in total. The summed E-state index contributed by atoms with van der Waals surface area (Å²) < 4.78 is 68.5. The molecule has 2 atom stereocenters. The first kappa shape index (κ1) is 23.3. The fourth-order valence-electron chi connectivity index (χ4n) is 2.58. The third-order valence-corrected chi connectivity index (χ3v) is 4.31. The quantitative estimate of drug-likeness (QED) is 0.488. The van der Waals surface area contributed by atoms with Gasteiger partial charge in [0, 0.05) is 4.47 Å². The van der Waals surface area contributed by atoms with Crippen molar-refractivity contribution in [1.29, 1.82) is 5.26 Å². The molecular weight excluding hydrogens is 437 g/mol. The van der Waals surface area contributed by atoms with Gasteiger partial charge in [-0.2, -0.15) is 27.2 Å². The second kappa shape index (κ2) is 8.97. The molecular formula is C17H19BrF5N3O. The Hall–Kier alpha value is -1.73. The highest BCUT2D eigenvalue weighted by atomic mass is 79.9. The Balaban J connectivity index is 3.50. The van der Waals surface area contributed by atoms with Crippen LogP contribution >= 0.6 is 15.9 Å². The van der Waals surface area contributed by atoms with Crippen molar-refractivity contribution < 1.29 is 26.7 Å². The lowest BCUT2D eigenvalue weighted by atomic mass is 9.96. The summed E-state index contributed by atoms with van der Waals surface area (Å²) in [5.41, 5.74) is 5.25. The predicted octanol–water partition coefficient (Wildman–Crippen LogP) is 4.41. The molecule has 150 valence electrons. The molecule has 0 aromatic heterocycles. The van der Waals surface area contributed by atoms with E-state index in [0.717, 1.165) is 12.1 Å². The summed E-state index contributed by atoms with van der Waals surface area (Å²) in [6.07, 6.45) is -5.85. The first-order chi connectivity index (χ1) is 12.3. The van der Waals surface area contributed by atoms with Crippen molar-refractivity contribution in [2.75, 3.05) is 6.54 Å². The summed E-state index contributed by atoms with van der Waals surface area (Å²) in [6, 6.07) is 2.10. The number of benzene rings is 1. The lowest BCUT2D eigenvalue weighted by molar-refractivity contribution is -0.303. The van der Waals surface area contributed by atoms with Crippen LogP contribution in [0.15, 0.2) is 28.7 Å². The van der Waals surface area contributed by atoms with E-state index >= 15 is 0 Å². The van der Waals surface area contributed by atoms with E-state index in [1.807, 2.05) is 0 Å². The molecule has 1 aromatic rings. The number of nitrogens with two attached hydrogens (primary N) is 1. The van der Waals surface area contributed by atoms with E-state index < -0.39 is 42.2 Å². The van der Waals surface area contributed by atoms with Gasteiger partial charge in [0.05, 0.1) is 12.1 Å². The van der Waals surface area contributed by atoms with Gasteiger partial charge in [0.25, 0.3) is 0 Å². The first-order valence-corrected chi connectivity index (χ1v) is 8.75. The number of nitriles is 1. The van der Waals surface area contributed by atoms with Gasteiger partial charge >= 0.3 is 12.1 Å². The third kappa shape index (κ3) is 5.62. The van der Waals surface area contributed by atoms with Crippen LogP contribution in [0.2, 0.25) is 0 Å². The Labute approximate surface area is 162 Å². The van der Waals surface area contributed by atoms with Crippen molar-refractivity contribution in [2.45, 2.75) is 44.5 Å². The molecule has 0 radical (unpaired) electrons. The molecule has 0 spiro atoms. The average Bonchev–Trinajstić information content (AvgIpc) is 2.53. The first-order valence-electron chi connectivity index (χ1n) is 7.96. The zero-order valence-corrected chi connectivity index (χ0v) is 16.2. The van der Waals surface area contributed by atoms with Crippen LogP contribution in [0, 0.1) is 17.2 Å². The Morgan fingerprint density at radius 1 is 1.22 bits per heavy atom. The summed E-state index contributed by atoms with van der Waals surface area (Å²) in [4.78, 5) is 12.8. The number of carbonyl (C=O) groups is 1. The molecule has 10 heteroatoms. The molecule has 0 saturated carbocycles. The Morgan fingerprint density at radius 3 is 2.15 bits per heavy atom. The Morgan fingerprint density at radius 2 is 1.74 bits per heavy atom. The molecule has 0 unspecified atom stereocenters. The van der Waals surface area contributed by atoms with E-state index in [0.29, 0.717) is 4.47 Å². The molecule has 0 saturated heterocycles. The van der Waals surface area contributed by atoms with E-state index in [1.54, 1.807) is 13.8 Å². The fraction of sp³-hybridized carbons (Fsp3) is 0.529. The zero-order valence-electron chi connectivity index (χ0n) is 14.6. The second-order valence-corrected chi connectivity index (χ2v) is 7.35. The number of hydrogen-bond acceptors (Lipinski definition) is 3. The van der Waals surface area contributed by atoms with E-state index in [1.165, 1.54) is 18.2 Å². The van der Waals surface area contributed by atoms with Gasteiger partial charge in [0.15, 0.2) is 0 Å². The van der Waals surface area contributed by atoms with Gasteiger partial charge in [0.2, 0.25) is 5.91 Å². The SMILES string of the molecule is CC(C)C[C@H](N)C(=O)N(CC#N)[C@@H](c1ccc(Br)cc1)C(F)(F)C(F)(F)F. The molecule has 1 rings (SSSR count). The number of nitrogens with zero attached hydrogens (tertiary/aromatic N) is 2. The van der Waals surface area contributed by atoms with Gasteiger partial charge in [-0.1, -0.05) is 41.9 Å². The van der Waals surface area contributed by atoms with Gasteiger partial charge in [-0.25, -0.2) is 0 Å². The molecule has 4 nitrogen and oxygen atoms in total. The maximum absolute atomic E-state index is 14.4. The van der Waals surface area contributed by atoms with Crippen LogP contribution in [-0.2, 0) is 4.79 Å². The summed E-state index contributed by atoms with van der Waals surface area (Å²) in [7, 11) is 0. The van der Waals surface area contributed by atoms with Crippen LogP contribution in [0.3, 0.4) is 0 Å². The minimum Gasteiger partial charge on any atom is -0.320 e. The summed E-state index contributed by atoms with van der Waals surface area (Å²) in [6.45, 7) is 2.48. The molecule has 0 heterocycles. The topological polar surface area (TPSA) is 70.1 Å². The molecule has 27 heavy (non-hydrogen) atoms. The van der Waals surface area contributed by atoms with Crippen LogP contribution in [-0.4, -0.2) is 35.5 Å². The number of halogens is 6. The van der Waals surface area contributed by atoms with Gasteiger partial charge < -0.3 is 10.6 Å². The number of hydrogen-bond donors (Lipinski definition) is 1. The van der Waals surface area contributed by atoms with E-state index in [9.17, 15) is 26.7 Å². The molecule has 0 aliphatic rings. The molecule has 1 aromatic carbocycles. The standard InChI is InChI=1S/C17H19BrF5N3O/c1-10(2)9-13(25)15(27)26(8-7-24)14(16(19,20)17(21,22)23)11-3-5-12(18)6-4-11/h3-6,10,13-14H,8-9,25H2,1-2H3/t13-,14-/m0/s1. The molecule has 0 aliphatic heterocycles. The van der Waals surface area contributed by atoms with E-state index in [-0.39, 0.29) is 17.2 Å². The van der Waals surface area contributed by atoms with Gasteiger partial charge in [0.1, 0.15) is 12.6 Å². The van der Waals surface area contributed by atoms with Gasteiger partial charge in [-0.05, 0) is 30.0 Å². The van der Waals surface area contributed by atoms with Crippen molar-refractivity contribution in [3.63, 3.8) is 0 Å². The predicted molar refractivity (Wildman–Crippen MR) is 92.6 cm³/mol. The monoisotopic (exact) mass is 455 g/mol. The lowest BCUT2D eigenvalue weighted by Crippen LogP contribution is -2.55. The third-order valence-electron chi connectivity index (χ3n) is 3.79. The van der Waals surface area contributed by atoms with Crippen LogP contribution in [0.4, 0.5) is 22.0 Å². The highest BCUT2D eigenvalue weighted by Gasteiger charge is 2.65. The average molecular weight is 456 g/mol. The second-order valence-electron chi connectivity index (χ2n) is 6.44. The molecule has 0 aliphatic carbocycles. The highest BCUT2D eigenvalue weighted by Crippen LogP contribution is 2.47. The lowest BCUT2D eigenvalue weighted by Gasteiger charge is -2.37. The van der Waals surface area contributed by atoms with E-state index in [2.05, 4.69) is 15.9 Å². The van der Waals surface area contributed by atoms with Crippen LogP contribution in [0.25, 0.3) is 0 Å². The fourth-order valence-corrected chi connectivity index (χ4v) is 2.84. The number of alkyl halides is 5. The molecule has 1 amide bonds. The van der Waals surface area contributed by atoms with Crippen molar-refractivity contribution in [2.24, 2.45) is 11.7 Å². The van der Waals surface area contributed by atoms with Gasteiger partial charge in [-0.3, -0.25) is 4.79 Å². The number of carbonyl (C=O) groups excluding carboxylic acids is 1. The van der Waals surface area contributed by atoms with E-state index in [4.69, 9.17) is 11.0 Å². The van der Waals surface area contributed by atoms with Crippen molar-refractivity contribution in [1.82, 2.24) is 4.90 Å². The van der Waals surface area contributed by atoms with Crippen LogP contribution in [0.5, 0.6) is 0 Å². The van der Waals surface area contributed by atoms with Crippen LogP contribution in [0.1, 0.15) is 31.9 Å². The minimum absolute atomic E-state index is 0.0748.